The maximum Gasteiger partial charge on any atom is 0.252 e. The monoisotopic (exact) mass is 990 g/mol. The quantitative estimate of drug-likeness (QED) is 0.120. The first-order chi connectivity index (χ1) is 36.7. The summed E-state index contributed by atoms with van der Waals surface area (Å²) in [6.07, 6.45) is 0. The zero-order chi connectivity index (χ0) is 52.8. The summed E-state index contributed by atoms with van der Waals surface area (Å²) in [5.41, 5.74) is 28.5. The molecule has 0 fully saturated rings. The highest BCUT2D eigenvalue weighted by atomic mass is 15.2. The Hall–Kier alpha value is -7.56. The Morgan fingerprint density at radius 2 is 0.671 bits per heavy atom. The zero-order valence-corrected chi connectivity index (χ0v) is 46.7. The maximum atomic E-state index is 2.58. The number of nitrogens with zero attached hydrogens (tertiary/aromatic N) is 3. The summed E-state index contributed by atoms with van der Waals surface area (Å²) in [4.78, 5) is 5.05. The Bertz CT molecular complexity index is 3550. The highest BCUT2D eigenvalue weighted by Gasteiger charge is 2.43. The molecule has 0 radical (unpaired) electrons. The molecule has 12 rings (SSSR count). The molecule has 2 aliphatic rings. The number of para-hydroxylation sites is 4. The second kappa shape index (κ2) is 19.2. The van der Waals surface area contributed by atoms with Gasteiger partial charge in [-0.25, -0.2) is 0 Å². The van der Waals surface area contributed by atoms with Gasteiger partial charge in [0.2, 0.25) is 0 Å². The van der Waals surface area contributed by atoms with Crippen molar-refractivity contribution in [3.05, 3.63) is 215 Å². The van der Waals surface area contributed by atoms with Crippen LogP contribution in [0.25, 0.3) is 49.7 Å². The van der Waals surface area contributed by atoms with Gasteiger partial charge in [0, 0.05) is 44.9 Å². The molecule has 0 saturated carbocycles. The van der Waals surface area contributed by atoms with E-state index in [1.807, 2.05) is 0 Å². The van der Waals surface area contributed by atoms with E-state index in [0.29, 0.717) is 35.5 Å². The average molecular weight is 990 g/mol. The van der Waals surface area contributed by atoms with Gasteiger partial charge in [0.15, 0.2) is 0 Å². The van der Waals surface area contributed by atoms with E-state index in [1.54, 1.807) is 0 Å². The molecule has 0 aliphatic carbocycles. The Morgan fingerprint density at radius 1 is 0.316 bits per heavy atom. The van der Waals surface area contributed by atoms with E-state index >= 15 is 0 Å². The first-order valence-electron chi connectivity index (χ1n) is 28.2. The molecule has 10 aromatic rings. The van der Waals surface area contributed by atoms with E-state index < -0.39 is 0 Å². The van der Waals surface area contributed by atoms with E-state index in [2.05, 4.69) is 279 Å². The van der Waals surface area contributed by atoms with Crippen molar-refractivity contribution in [3.63, 3.8) is 0 Å². The Morgan fingerprint density at radius 3 is 1.03 bits per heavy atom. The second-order valence-corrected chi connectivity index (χ2v) is 23.7. The lowest BCUT2D eigenvalue weighted by molar-refractivity contribution is 0.807. The number of benzene rings is 9. The molecule has 3 nitrogen and oxygen atoms in total. The van der Waals surface area contributed by atoms with E-state index in [-0.39, 0.29) is 6.71 Å². The predicted molar refractivity (Wildman–Crippen MR) is 330 cm³/mol. The van der Waals surface area contributed by atoms with Crippen molar-refractivity contribution in [2.24, 2.45) is 0 Å². The fourth-order valence-corrected chi connectivity index (χ4v) is 12.9. The van der Waals surface area contributed by atoms with Gasteiger partial charge in [-0.2, -0.15) is 0 Å². The van der Waals surface area contributed by atoms with Gasteiger partial charge in [0.25, 0.3) is 6.71 Å². The molecular weight excluding hydrogens is 918 g/mol. The van der Waals surface area contributed by atoms with Crippen LogP contribution in [0.1, 0.15) is 152 Å². The molecule has 2 aliphatic heterocycles. The first-order valence-corrected chi connectivity index (χ1v) is 28.2. The van der Waals surface area contributed by atoms with Gasteiger partial charge in [-0.1, -0.05) is 192 Å². The highest BCUT2D eigenvalue weighted by Crippen LogP contribution is 2.49. The minimum atomic E-state index is 0.0365. The molecule has 0 spiro atoms. The lowest BCUT2D eigenvalue weighted by atomic mass is 9.33. The van der Waals surface area contributed by atoms with Crippen LogP contribution in [0.3, 0.4) is 0 Å². The topological polar surface area (TPSA) is 11.4 Å². The molecule has 76 heavy (non-hydrogen) atoms. The van der Waals surface area contributed by atoms with Gasteiger partial charge in [-0.05, 0) is 180 Å². The number of fused-ring (bicyclic) bond motifs is 7. The van der Waals surface area contributed by atoms with E-state index in [1.165, 1.54) is 117 Å². The van der Waals surface area contributed by atoms with Crippen molar-refractivity contribution >= 4 is 79.0 Å². The summed E-state index contributed by atoms with van der Waals surface area (Å²) in [6, 6.07) is 70.0. The summed E-state index contributed by atoms with van der Waals surface area (Å²) in [5.74, 6) is 2.33. The van der Waals surface area contributed by atoms with Crippen molar-refractivity contribution in [3.8, 4) is 27.9 Å². The lowest BCUT2D eigenvalue weighted by Crippen LogP contribution is -2.61. The zero-order valence-electron chi connectivity index (χ0n) is 46.7. The Labute approximate surface area is 453 Å². The highest BCUT2D eigenvalue weighted by molar-refractivity contribution is 7.00. The summed E-state index contributed by atoms with van der Waals surface area (Å²) in [6.45, 7) is 28.3. The fourth-order valence-electron chi connectivity index (χ4n) is 12.9. The third kappa shape index (κ3) is 8.01. The van der Waals surface area contributed by atoms with Gasteiger partial charge in [0.1, 0.15) is 0 Å². The number of rotatable bonds is 11. The molecule has 0 bridgehead atoms. The van der Waals surface area contributed by atoms with E-state index in [4.69, 9.17) is 0 Å². The fraction of sp³-hybridized carbons (Fsp3) is 0.250. The van der Waals surface area contributed by atoms with Crippen LogP contribution >= 0.6 is 0 Å². The van der Waals surface area contributed by atoms with Gasteiger partial charge in [0.05, 0.1) is 16.7 Å². The molecule has 9 aromatic carbocycles. The summed E-state index contributed by atoms with van der Waals surface area (Å²) in [7, 11) is 0. The SMILES string of the molecule is CC(C)c1cc(C(C)C)c(-c2ccc3c(c2)c2cc(-c4c(C(C)C)cc(C(C)C)cc4C(C)C)ccc2n3-c2cc3c4c(c2)N(c2ccccc2)c2ccccc2B4c2ccccc2N3c2ccccc2)c(C(C)C)c1. The predicted octanol–water partition coefficient (Wildman–Crippen LogP) is 18.9. The first kappa shape index (κ1) is 49.3. The van der Waals surface area contributed by atoms with Crippen molar-refractivity contribution in [1.82, 2.24) is 4.57 Å². The maximum absolute atomic E-state index is 2.58. The largest absolute Gasteiger partial charge is 0.311 e. The van der Waals surface area contributed by atoms with Crippen LogP contribution in [0.5, 0.6) is 0 Å². The average Bonchev–Trinajstić information content (AvgIpc) is 3.92. The summed E-state index contributed by atoms with van der Waals surface area (Å²) < 4.78 is 2.58. The van der Waals surface area contributed by atoms with Crippen molar-refractivity contribution in [2.75, 3.05) is 9.80 Å². The van der Waals surface area contributed by atoms with Gasteiger partial charge < -0.3 is 14.4 Å². The van der Waals surface area contributed by atoms with Crippen LogP contribution in [0, 0.1) is 0 Å². The van der Waals surface area contributed by atoms with Crippen molar-refractivity contribution < 1.29 is 0 Å². The van der Waals surface area contributed by atoms with Crippen LogP contribution in [-0.2, 0) is 0 Å². The third-order valence-corrected chi connectivity index (χ3v) is 16.8. The normalized spacial score (nSPS) is 13.1. The van der Waals surface area contributed by atoms with Crippen LogP contribution in [0.15, 0.2) is 182 Å². The van der Waals surface area contributed by atoms with Crippen molar-refractivity contribution in [2.45, 2.75) is 119 Å². The van der Waals surface area contributed by atoms with Gasteiger partial charge >= 0.3 is 0 Å². The molecule has 3 heterocycles. The number of anilines is 6. The minimum absolute atomic E-state index is 0.0365. The van der Waals surface area contributed by atoms with E-state index in [0.717, 1.165) is 17.1 Å². The smallest absolute Gasteiger partial charge is 0.252 e. The lowest BCUT2D eigenvalue weighted by Gasteiger charge is -2.44. The van der Waals surface area contributed by atoms with Crippen LogP contribution in [0.2, 0.25) is 0 Å². The molecule has 378 valence electrons. The Balaban J connectivity index is 1.21. The number of hydrogen-bond donors (Lipinski definition) is 0. The molecule has 0 atom stereocenters. The molecule has 0 saturated heterocycles. The summed E-state index contributed by atoms with van der Waals surface area (Å²) >= 11 is 0. The molecule has 1 aromatic heterocycles. The van der Waals surface area contributed by atoms with Crippen LogP contribution < -0.4 is 26.2 Å². The molecule has 0 N–H and O–H groups in total. The van der Waals surface area contributed by atoms with E-state index in [9.17, 15) is 0 Å². The standard InChI is InChI=1S/C72H72BN3/c1-43(2)51-37-56(45(5)6)70(57(38-51)46(7)8)49-31-33-64-60(35-49)61-36-50(71-58(47(9)10)39-52(44(3)4)40-59(71)48(11)12)32-34-65(61)76(64)55-41-68-72-69(42-55)75(54-25-17-14-18-26-54)67-30-22-20-28-63(67)73(72)62-27-19-21-29-66(62)74(68)53-23-15-13-16-24-53/h13-48H,1-12H3. The van der Waals surface area contributed by atoms with Gasteiger partial charge in [-0.15, -0.1) is 0 Å². The Kier molecular flexibility index (Phi) is 12.5. The van der Waals surface area contributed by atoms with Gasteiger partial charge in [-0.3, -0.25) is 0 Å². The number of aromatic nitrogens is 1. The molecular formula is C72H72BN3. The second-order valence-electron chi connectivity index (χ2n) is 23.7. The molecule has 0 unspecified atom stereocenters. The molecule has 0 amide bonds. The minimum Gasteiger partial charge on any atom is -0.311 e. The summed E-state index contributed by atoms with van der Waals surface area (Å²) in [5, 5.41) is 2.53. The number of hydrogen-bond acceptors (Lipinski definition) is 2. The molecule has 4 heteroatoms. The van der Waals surface area contributed by atoms with Crippen LogP contribution in [-0.4, -0.2) is 11.3 Å². The van der Waals surface area contributed by atoms with Crippen LogP contribution in [0.4, 0.5) is 34.1 Å². The third-order valence-electron chi connectivity index (χ3n) is 16.8. The van der Waals surface area contributed by atoms with Crippen molar-refractivity contribution in [1.29, 1.82) is 0 Å².